The van der Waals surface area contributed by atoms with E-state index in [1.807, 2.05) is 12.1 Å². The molecule has 1 aromatic heterocycles. The maximum Gasteiger partial charge on any atom is 0.236 e. The predicted molar refractivity (Wildman–Crippen MR) is 98.0 cm³/mol. The minimum atomic E-state index is -0.535. The van der Waals surface area contributed by atoms with Crippen molar-refractivity contribution < 1.29 is 9.18 Å². The molecule has 0 radical (unpaired) electrons. The number of aromatic nitrogens is 1. The van der Waals surface area contributed by atoms with E-state index in [0.29, 0.717) is 23.5 Å². The zero-order valence-corrected chi connectivity index (χ0v) is 14.9. The Hall–Kier alpha value is -2.21. The average Bonchev–Trinajstić information content (AvgIpc) is 2.57. The number of nitrogens with one attached hydrogen (secondary N) is 1. The molecule has 0 aliphatic carbocycles. The molecule has 3 N–H and O–H groups in total. The quantitative estimate of drug-likeness (QED) is 0.897. The van der Waals surface area contributed by atoms with Crippen LogP contribution in [0, 0.1) is 18.7 Å². The number of hydrogen-bond acceptors (Lipinski definition) is 4. The second-order valence-electron chi connectivity index (χ2n) is 7.14. The van der Waals surface area contributed by atoms with Crippen molar-refractivity contribution >= 4 is 22.5 Å². The van der Waals surface area contributed by atoms with Crippen LogP contribution in [0.15, 0.2) is 24.4 Å². The highest BCUT2D eigenvalue weighted by Crippen LogP contribution is 2.32. The van der Waals surface area contributed by atoms with Gasteiger partial charge in [-0.25, -0.2) is 4.39 Å². The highest BCUT2D eigenvalue weighted by molar-refractivity contribution is 5.94. The molecule has 1 aliphatic heterocycles. The summed E-state index contributed by atoms with van der Waals surface area (Å²) in [5.74, 6) is -0.0283. The number of anilines is 1. The second kappa shape index (κ2) is 6.96. The largest absolute Gasteiger partial charge is 0.369 e. The number of nitrogens with two attached hydrogens (primary N) is 1. The van der Waals surface area contributed by atoms with Gasteiger partial charge in [-0.1, -0.05) is 6.92 Å². The third-order valence-electron chi connectivity index (χ3n) is 4.82. The van der Waals surface area contributed by atoms with Gasteiger partial charge in [-0.05, 0) is 44.4 Å². The summed E-state index contributed by atoms with van der Waals surface area (Å²) in [6, 6.07) is 4.89. The Morgan fingerprint density at radius 3 is 2.96 bits per heavy atom. The van der Waals surface area contributed by atoms with Gasteiger partial charge in [0, 0.05) is 42.0 Å². The van der Waals surface area contributed by atoms with Crippen LogP contribution in [0.5, 0.6) is 0 Å². The molecule has 1 amide bonds. The molecule has 134 valence electrons. The lowest BCUT2D eigenvalue weighted by Crippen LogP contribution is -2.53. The molecule has 2 aromatic rings. The number of amides is 1. The summed E-state index contributed by atoms with van der Waals surface area (Å²) < 4.78 is 14.4. The van der Waals surface area contributed by atoms with E-state index in [-0.39, 0.29) is 17.8 Å². The molecule has 5 nitrogen and oxygen atoms in total. The van der Waals surface area contributed by atoms with E-state index in [4.69, 9.17) is 5.73 Å². The van der Waals surface area contributed by atoms with Crippen molar-refractivity contribution in [3.05, 3.63) is 35.8 Å². The van der Waals surface area contributed by atoms with E-state index >= 15 is 0 Å². The summed E-state index contributed by atoms with van der Waals surface area (Å²) in [7, 11) is 0. The molecule has 1 aliphatic rings. The fraction of sp³-hybridized carbons (Fsp3) is 0.474. The first-order chi connectivity index (χ1) is 11.9. The Bertz CT molecular complexity index is 792. The van der Waals surface area contributed by atoms with Gasteiger partial charge in [0.05, 0.1) is 11.6 Å². The number of halogens is 1. The Morgan fingerprint density at radius 2 is 2.24 bits per heavy atom. The van der Waals surface area contributed by atoms with Crippen molar-refractivity contribution in [1.29, 1.82) is 0 Å². The molecule has 0 saturated carbocycles. The van der Waals surface area contributed by atoms with Gasteiger partial charge >= 0.3 is 0 Å². The van der Waals surface area contributed by atoms with Crippen LogP contribution in [-0.2, 0) is 4.79 Å². The number of rotatable bonds is 3. The monoisotopic (exact) mass is 344 g/mol. The number of aryl methyl sites for hydroxylation is 1. The normalized spacial score (nSPS) is 22.0. The molecule has 1 saturated heterocycles. The molecule has 1 fully saturated rings. The van der Waals surface area contributed by atoms with Gasteiger partial charge in [-0.15, -0.1) is 0 Å². The molecular formula is C19H25FN4O. The molecule has 3 atom stereocenters. The third kappa shape index (κ3) is 3.58. The number of nitrogens with zero attached hydrogens (tertiary/aromatic N) is 2. The van der Waals surface area contributed by atoms with Crippen LogP contribution >= 0.6 is 0 Å². The fourth-order valence-corrected chi connectivity index (χ4v) is 3.58. The van der Waals surface area contributed by atoms with Gasteiger partial charge < -0.3 is 16.0 Å². The molecule has 25 heavy (non-hydrogen) atoms. The van der Waals surface area contributed by atoms with E-state index in [2.05, 4.69) is 22.1 Å². The van der Waals surface area contributed by atoms with Gasteiger partial charge in [-0.2, -0.15) is 0 Å². The maximum atomic E-state index is 14.4. The van der Waals surface area contributed by atoms with Gasteiger partial charge in [0.25, 0.3) is 0 Å². The zero-order valence-electron chi connectivity index (χ0n) is 14.9. The summed E-state index contributed by atoms with van der Waals surface area (Å²) in [6.45, 7) is 7.02. The molecule has 2 heterocycles. The molecule has 0 spiro atoms. The number of pyridine rings is 1. The number of carbonyl (C=O) groups is 1. The highest BCUT2D eigenvalue weighted by Gasteiger charge is 2.28. The van der Waals surface area contributed by atoms with Crippen molar-refractivity contribution in [2.75, 3.05) is 18.0 Å². The molecule has 3 unspecified atom stereocenters. The smallest absolute Gasteiger partial charge is 0.236 e. The summed E-state index contributed by atoms with van der Waals surface area (Å²) in [5.41, 5.74) is 7.74. The highest BCUT2D eigenvalue weighted by atomic mass is 19.1. The number of carbonyl (C=O) groups excluding carboxylic acids is 1. The lowest BCUT2D eigenvalue weighted by Gasteiger charge is -2.39. The van der Waals surface area contributed by atoms with Crippen LogP contribution in [0.2, 0.25) is 0 Å². The van der Waals surface area contributed by atoms with Crippen molar-refractivity contribution in [2.24, 2.45) is 11.7 Å². The van der Waals surface area contributed by atoms with Crippen molar-refractivity contribution in [2.45, 2.75) is 39.3 Å². The number of benzene rings is 1. The Balaban J connectivity index is 1.94. The minimum Gasteiger partial charge on any atom is -0.369 e. The summed E-state index contributed by atoms with van der Waals surface area (Å²) in [6.07, 6.45) is 2.57. The molecule has 1 aromatic carbocycles. The van der Waals surface area contributed by atoms with Crippen LogP contribution in [0.1, 0.15) is 25.8 Å². The van der Waals surface area contributed by atoms with Crippen LogP contribution < -0.4 is 16.0 Å². The molecule has 0 bridgehead atoms. The lowest BCUT2D eigenvalue weighted by molar-refractivity contribution is -0.122. The minimum absolute atomic E-state index is 0.00154. The van der Waals surface area contributed by atoms with Crippen molar-refractivity contribution in [3.8, 4) is 0 Å². The fourth-order valence-electron chi connectivity index (χ4n) is 3.58. The van der Waals surface area contributed by atoms with Crippen LogP contribution in [0.3, 0.4) is 0 Å². The first kappa shape index (κ1) is 17.6. The Kier molecular flexibility index (Phi) is 4.90. The Labute approximate surface area is 147 Å². The second-order valence-corrected chi connectivity index (χ2v) is 7.14. The topological polar surface area (TPSA) is 71.2 Å². The molecule has 3 rings (SSSR count). The number of fused-ring (bicyclic) bond motifs is 1. The predicted octanol–water partition coefficient (Wildman–Crippen LogP) is 2.36. The average molecular weight is 344 g/mol. The first-order valence-corrected chi connectivity index (χ1v) is 8.71. The van der Waals surface area contributed by atoms with Gasteiger partial charge in [0.1, 0.15) is 5.82 Å². The number of piperidine rings is 1. The van der Waals surface area contributed by atoms with Crippen LogP contribution in [-0.4, -0.2) is 36.1 Å². The van der Waals surface area contributed by atoms with E-state index in [1.165, 1.54) is 0 Å². The van der Waals surface area contributed by atoms with E-state index in [9.17, 15) is 9.18 Å². The summed E-state index contributed by atoms with van der Waals surface area (Å²) in [5, 5.41) is 3.95. The standard InChI is InChI=1S/C19H25FN4O/c1-11-7-14(23-19(25)13(3)21)10-24(9-11)17-8-16(20)12(2)18-15(17)5-4-6-22-18/h4-6,8,11,13-14H,7,9-10,21H2,1-3H3,(H,23,25). The van der Waals surface area contributed by atoms with Crippen molar-refractivity contribution in [3.63, 3.8) is 0 Å². The van der Waals surface area contributed by atoms with E-state index in [0.717, 1.165) is 24.0 Å². The summed E-state index contributed by atoms with van der Waals surface area (Å²) in [4.78, 5) is 18.4. The maximum absolute atomic E-state index is 14.4. The van der Waals surface area contributed by atoms with Gasteiger partial charge in [-0.3, -0.25) is 9.78 Å². The van der Waals surface area contributed by atoms with Gasteiger partial charge in [0.15, 0.2) is 0 Å². The molecule has 6 heteroatoms. The lowest BCUT2D eigenvalue weighted by atomic mass is 9.94. The SMILES string of the molecule is Cc1c(F)cc(N2CC(C)CC(NC(=O)C(C)N)C2)c2cccnc12. The Morgan fingerprint density at radius 1 is 1.48 bits per heavy atom. The van der Waals surface area contributed by atoms with E-state index in [1.54, 1.807) is 26.1 Å². The third-order valence-corrected chi connectivity index (χ3v) is 4.82. The van der Waals surface area contributed by atoms with Gasteiger partial charge in [0.2, 0.25) is 5.91 Å². The first-order valence-electron chi connectivity index (χ1n) is 8.71. The summed E-state index contributed by atoms with van der Waals surface area (Å²) >= 11 is 0. The number of hydrogen-bond donors (Lipinski definition) is 2. The van der Waals surface area contributed by atoms with Crippen LogP contribution in [0.4, 0.5) is 10.1 Å². The van der Waals surface area contributed by atoms with Crippen molar-refractivity contribution in [1.82, 2.24) is 10.3 Å². The molecular weight excluding hydrogens is 319 g/mol. The zero-order chi connectivity index (χ0) is 18.1. The van der Waals surface area contributed by atoms with E-state index < -0.39 is 6.04 Å². The van der Waals surface area contributed by atoms with Crippen LogP contribution in [0.25, 0.3) is 10.9 Å².